The molecule has 0 spiro atoms. The zero-order valence-corrected chi connectivity index (χ0v) is 11.1. The van der Waals surface area contributed by atoms with Crippen molar-refractivity contribution in [2.24, 2.45) is 0 Å². The third-order valence-corrected chi connectivity index (χ3v) is 2.82. The van der Waals surface area contributed by atoms with E-state index in [0.29, 0.717) is 5.11 Å². The number of amides is 1. The van der Waals surface area contributed by atoms with Crippen molar-refractivity contribution in [2.75, 3.05) is 18.9 Å². The first-order chi connectivity index (χ1) is 7.63. The normalized spacial score (nSPS) is 9.38. The van der Waals surface area contributed by atoms with Crippen molar-refractivity contribution in [1.82, 2.24) is 10.6 Å². The Morgan fingerprint density at radius 3 is 2.75 bits per heavy atom. The fraction of sp³-hybridized carbons (Fsp3) is 0.200. The summed E-state index contributed by atoms with van der Waals surface area (Å²) >= 11 is 8.20. The molecular formula is C10H12BrN3OS. The second-order valence-corrected chi connectivity index (χ2v) is 4.22. The summed E-state index contributed by atoms with van der Waals surface area (Å²) in [6.45, 7) is 0.140. The molecule has 0 saturated heterocycles. The molecule has 0 aliphatic carbocycles. The number of carbonyl (C=O) groups is 1. The molecule has 0 aromatic heterocycles. The maximum atomic E-state index is 11.5. The van der Waals surface area contributed by atoms with Crippen molar-refractivity contribution in [2.45, 2.75) is 0 Å². The summed E-state index contributed by atoms with van der Waals surface area (Å²) in [5, 5.41) is 8.69. The van der Waals surface area contributed by atoms with Crippen molar-refractivity contribution in [3.05, 3.63) is 28.7 Å². The summed E-state index contributed by atoms with van der Waals surface area (Å²) in [5.41, 5.74) is 0.740. The first-order valence-corrected chi connectivity index (χ1v) is 5.83. The molecular weight excluding hydrogens is 290 g/mol. The molecule has 1 amide bonds. The number of hydrogen-bond acceptors (Lipinski definition) is 2. The topological polar surface area (TPSA) is 53.2 Å². The number of nitrogens with one attached hydrogen (secondary N) is 3. The number of thiocarbonyl (C=S) groups is 1. The molecule has 0 atom stereocenters. The van der Waals surface area contributed by atoms with E-state index in [4.69, 9.17) is 12.2 Å². The van der Waals surface area contributed by atoms with Crippen LogP contribution in [0.1, 0.15) is 0 Å². The average molecular weight is 302 g/mol. The quantitative estimate of drug-likeness (QED) is 0.740. The lowest BCUT2D eigenvalue weighted by molar-refractivity contribution is -0.115. The molecule has 0 unspecified atom stereocenters. The minimum absolute atomic E-state index is 0.140. The fourth-order valence-electron chi connectivity index (χ4n) is 1.01. The monoisotopic (exact) mass is 301 g/mol. The maximum Gasteiger partial charge on any atom is 0.243 e. The number of anilines is 1. The van der Waals surface area contributed by atoms with Crippen molar-refractivity contribution >= 4 is 44.9 Å². The van der Waals surface area contributed by atoms with E-state index in [1.165, 1.54) is 0 Å². The smallest absolute Gasteiger partial charge is 0.243 e. The van der Waals surface area contributed by atoms with Gasteiger partial charge in [0, 0.05) is 11.5 Å². The largest absolute Gasteiger partial charge is 0.366 e. The molecule has 0 bridgehead atoms. The Balaban J connectivity index is 2.46. The second-order valence-electron chi connectivity index (χ2n) is 2.96. The first-order valence-electron chi connectivity index (χ1n) is 4.63. The lowest BCUT2D eigenvalue weighted by atomic mass is 10.3. The lowest BCUT2D eigenvalue weighted by Crippen LogP contribution is -2.38. The lowest BCUT2D eigenvalue weighted by Gasteiger charge is -2.09. The standard InChI is InChI=1S/C10H12BrN3OS/c1-12-10(16)13-6-9(15)14-8-5-3-2-4-7(8)11/h2-5H,6H2,1H3,(H,14,15)(H2,12,13,16). The van der Waals surface area contributed by atoms with Gasteiger partial charge in [0.05, 0.1) is 12.2 Å². The van der Waals surface area contributed by atoms with E-state index in [1.807, 2.05) is 24.3 Å². The molecule has 0 heterocycles. The van der Waals surface area contributed by atoms with Crippen LogP contribution in [0.3, 0.4) is 0 Å². The molecule has 0 aliphatic rings. The molecule has 86 valence electrons. The van der Waals surface area contributed by atoms with Gasteiger partial charge in [-0.2, -0.15) is 0 Å². The molecule has 6 heteroatoms. The molecule has 4 nitrogen and oxygen atoms in total. The third kappa shape index (κ3) is 4.16. The summed E-state index contributed by atoms with van der Waals surface area (Å²) in [6.07, 6.45) is 0. The zero-order valence-electron chi connectivity index (χ0n) is 8.71. The Morgan fingerprint density at radius 1 is 1.44 bits per heavy atom. The molecule has 1 aromatic rings. The van der Waals surface area contributed by atoms with Crippen molar-refractivity contribution < 1.29 is 4.79 Å². The van der Waals surface area contributed by atoms with Gasteiger partial charge in [0.25, 0.3) is 0 Å². The van der Waals surface area contributed by atoms with Crippen LogP contribution in [-0.2, 0) is 4.79 Å². The van der Waals surface area contributed by atoms with Crippen LogP contribution in [0, 0.1) is 0 Å². The average Bonchev–Trinajstić information content (AvgIpc) is 2.29. The van der Waals surface area contributed by atoms with E-state index in [2.05, 4.69) is 31.9 Å². The molecule has 0 radical (unpaired) electrons. The van der Waals surface area contributed by atoms with Gasteiger partial charge in [-0.1, -0.05) is 12.1 Å². The number of benzene rings is 1. The third-order valence-electron chi connectivity index (χ3n) is 1.78. The van der Waals surface area contributed by atoms with Gasteiger partial charge >= 0.3 is 0 Å². The van der Waals surface area contributed by atoms with Crippen molar-refractivity contribution in [1.29, 1.82) is 0 Å². The van der Waals surface area contributed by atoms with Crippen molar-refractivity contribution in [3.63, 3.8) is 0 Å². The van der Waals surface area contributed by atoms with E-state index < -0.39 is 0 Å². The summed E-state index contributed by atoms with van der Waals surface area (Å²) in [7, 11) is 1.70. The van der Waals surface area contributed by atoms with Gasteiger partial charge in [-0.05, 0) is 40.3 Å². The first kappa shape index (κ1) is 12.9. The van der Waals surface area contributed by atoms with Gasteiger partial charge in [-0.25, -0.2) is 0 Å². The van der Waals surface area contributed by atoms with E-state index in [0.717, 1.165) is 10.2 Å². The van der Waals surface area contributed by atoms with E-state index in [9.17, 15) is 4.79 Å². The predicted molar refractivity (Wildman–Crippen MR) is 72.4 cm³/mol. The highest BCUT2D eigenvalue weighted by atomic mass is 79.9. The fourth-order valence-corrected chi connectivity index (χ4v) is 1.46. The highest BCUT2D eigenvalue weighted by molar-refractivity contribution is 9.10. The van der Waals surface area contributed by atoms with Crippen LogP contribution in [0.15, 0.2) is 28.7 Å². The van der Waals surface area contributed by atoms with E-state index >= 15 is 0 Å². The SMILES string of the molecule is CNC(=S)NCC(=O)Nc1ccccc1Br. The zero-order chi connectivity index (χ0) is 12.0. The Bertz CT molecular complexity index is 397. The number of para-hydroxylation sites is 1. The molecule has 0 fully saturated rings. The molecule has 1 aromatic carbocycles. The van der Waals surface area contributed by atoms with Gasteiger partial charge in [0.2, 0.25) is 5.91 Å². The summed E-state index contributed by atoms with van der Waals surface area (Å²) in [5.74, 6) is -0.149. The Kier molecular flexibility index (Phi) is 5.21. The summed E-state index contributed by atoms with van der Waals surface area (Å²) in [4.78, 5) is 11.5. The van der Waals surface area contributed by atoms with Gasteiger partial charge in [0.1, 0.15) is 0 Å². The van der Waals surface area contributed by atoms with Crippen LogP contribution in [0.5, 0.6) is 0 Å². The minimum atomic E-state index is -0.149. The number of rotatable bonds is 3. The van der Waals surface area contributed by atoms with Gasteiger partial charge in [0.15, 0.2) is 5.11 Å². The molecule has 16 heavy (non-hydrogen) atoms. The molecule has 0 saturated carbocycles. The minimum Gasteiger partial charge on any atom is -0.366 e. The van der Waals surface area contributed by atoms with Gasteiger partial charge in [-0.15, -0.1) is 0 Å². The molecule has 3 N–H and O–H groups in total. The highest BCUT2D eigenvalue weighted by Gasteiger charge is 2.04. The summed E-state index contributed by atoms with van der Waals surface area (Å²) in [6, 6.07) is 7.42. The summed E-state index contributed by atoms with van der Waals surface area (Å²) < 4.78 is 0.847. The maximum absolute atomic E-state index is 11.5. The highest BCUT2D eigenvalue weighted by Crippen LogP contribution is 2.20. The van der Waals surface area contributed by atoms with Crippen LogP contribution in [-0.4, -0.2) is 24.6 Å². The van der Waals surface area contributed by atoms with Crippen LogP contribution < -0.4 is 16.0 Å². The second kappa shape index (κ2) is 6.44. The predicted octanol–water partition coefficient (Wildman–Crippen LogP) is 1.48. The van der Waals surface area contributed by atoms with Crippen LogP contribution in [0.4, 0.5) is 5.69 Å². The Labute approximate surface area is 108 Å². The Hall–Kier alpha value is -1.14. The van der Waals surface area contributed by atoms with Gasteiger partial charge < -0.3 is 16.0 Å². The van der Waals surface area contributed by atoms with Gasteiger partial charge in [-0.3, -0.25) is 4.79 Å². The van der Waals surface area contributed by atoms with E-state index in [1.54, 1.807) is 7.05 Å². The Morgan fingerprint density at radius 2 is 2.12 bits per heavy atom. The van der Waals surface area contributed by atoms with Crippen LogP contribution in [0.25, 0.3) is 0 Å². The molecule has 1 rings (SSSR count). The van der Waals surface area contributed by atoms with Crippen LogP contribution >= 0.6 is 28.1 Å². The number of carbonyl (C=O) groups excluding carboxylic acids is 1. The number of halogens is 1. The number of hydrogen-bond donors (Lipinski definition) is 3. The van der Waals surface area contributed by atoms with Crippen LogP contribution in [0.2, 0.25) is 0 Å². The molecule has 0 aliphatic heterocycles. The van der Waals surface area contributed by atoms with Crippen molar-refractivity contribution in [3.8, 4) is 0 Å². The van der Waals surface area contributed by atoms with E-state index in [-0.39, 0.29) is 12.5 Å².